The van der Waals surface area contributed by atoms with Crippen LogP contribution in [-0.2, 0) is 0 Å². The molecule has 0 aliphatic carbocycles. The maximum Gasteiger partial charge on any atom is 0.255 e. The van der Waals surface area contributed by atoms with Crippen molar-refractivity contribution < 1.29 is 4.79 Å². The molecular formula is C19H24N4O. The van der Waals surface area contributed by atoms with Gasteiger partial charge in [-0.2, -0.15) is 0 Å². The van der Waals surface area contributed by atoms with Gasteiger partial charge in [0, 0.05) is 37.4 Å². The van der Waals surface area contributed by atoms with Gasteiger partial charge in [-0.25, -0.2) is 0 Å². The Kier molecular flexibility index (Phi) is 4.71. The number of likely N-dealkylation sites (N-methyl/N-ethyl adjacent to an activating group) is 1. The zero-order valence-corrected chi connectivity index (χ0v) is 14.2. The van der Waals surface area contributed by atoms with E-state index in [-0.39, 0.29) is 5.91 Å². The first-order valence-electron chi connectivity index (χ1n) is 8.24. The average Bonchev–Trinajstić information content (AvgIpc) is 2.58. The summed E-state index contributed by atoms with van der Waals surface area (Å²) in [6, 6.07) is 13.4. The molecule has 1 aliphatic heterocycles. The summed E-state index contributed by atoms with van der Waals surface area (Å²) in [5.74, 6) is -0.143. The van der Waals surface area contributed by atoms with Crippen LogP contribution >= 0.6 is 0 Å². The van der Waals surface area contributed by atoms with Crippen molar-refractivity contribution in [2.75, 3.05) is 49.2 Å². The first-order valence-corrected chi connectivity index (χ1v) is 8.24. The Morgan fingerprint density at radius 3 is 2.33 bits per heavy atom. The Morgan fingerprint density at radius 1 is 1.04 bits per heavy atom. The number of rotatable bonds is 3. The zero-order chi connectivity index (χ0) is 17.1. The molecule has 1 aliphatic rings. The van der Waals surface area contributed by atoms with Crippen LogP contribution in [0.3, 0.4) is 0 Å². The van der Waals surface area contributed by atoms with Gasteiger partial charge in [0.1, 0.15) is 0 Å². The maximum atomic E-state index is 12.4. The molecule has 0 aromatic heterocycles. The molecule has 0 saturated carbocycles. The number of nitrogen functional groups attached to an aromatic ring is 1. The molecule has 0 unspecified atom stereocenters. The van der Waals surface area contributed by atoms with Crippen LogP contribution in [0.1, 0.15) is 15.9 Å². The van der Waals surface area contributed by atoms with Gasteiger partial charge in [0.2, 0.25) is 0 Å². The normalized spacial score (nSPS) is 15.3. The summed E-state index contributed by atoms with van der Waals surface area (Å²) >= 11 is 0. The fourth-order valence-electron chi connectivity index (χ4n) is 2.88. The molecule has 0 bridgehead atoms. The highest BCUT2D eigenvalue weighted by atomic mass is 16.1. The third-order valence-electron chi connectivity index (χ3n) is 4.45. The van der Waals surface area contributed by atoms with Crippen LogP contribution in [0.2, 0.25) is 0 Å². The summed E-state index contributed by atoms with van der Waals surface area (Å²) in [5.41, 5.74) is 10.0. The van der Waals surface area contributed by atoms with E-state index >= 15 is 0 Å². The SMILES string of the molecule is Cc1ccc(NC(=O)c2ccc(N3CCN(C)CC3)cc2)c(N)c1. The number of nitrogens with one attached hydrogen (secondary N) is 1. The zero-order valence-electron chi connectivity index (χ0n) is 14.2. The topological polar surface area (TPSA) is 61.6 Å². The number of benzene rings is 2. The highest BCUT2D eigenvalue weighted by Gasteiger charge is 2.15. The number of hydrogen-bond donors (Lipinski definition) is 2. The van der Waals surface area contributed by atoms with E-state index in [4.69, 9.17) is 5.73 Å². The molecule has 0 radical (unpaired) electrons. The molecule has 3 rings (SSSR count). The molecule has 0 spiro atoms. The van der Waals surface area contributed by atoms with E-state index in [1.807, 2.05) is 49.4 Å². The monoisotopic (exact) mass is 324 g/mol. The molecular weight excluding hydrogens is 300 g/mol. The minimum absolute atomic E-state index is 0.143. The van der Waals surface area contributed by atoms with Crippen molar-refractivity contribution >= 4 is 23.0 Å². The molecule has 5 heteroatoms. The predicted octanol–water partition coefficient (Wildman–Crippen LogP) is 2.58. The van der Waals surface area contributed by atoms with Crippen LogP contribution in [-0.4, -0.2) is 44.0 Å². The maximum absolute atomic E-state index is 12.4. The number of aryl methyl sites for hydroxylation is 1. The summed E-state index contributed by atoms with van der Waals surface area (Å²) in [4.78, 5) is 17.1. The van der Waals surface area contributed by atoms with Crippen molar-refractivity contribution in [1.82, 2.24) is 4.90 Å². The molecule has 2 aromatic carbocycles. The number of carbonyl (C=O) groups is 1. The second kappa shape index (κ2) is 6.93. The smallest absolute Gasteiger partial charge is 0.255 e. The second-order valence-corrected chi connectivity index (χ2v) is 6.38. The summed E-state index contributed by atoms with van der Waals surface area (Å²) in [7, 11) is 2.14. The van der Waals surface area contributed by atoms with Crippen LogP contribution in [0.5, 0.6) is 0 Å². The van der Waals surface area contributed by atoms with Crippen molar-refractivity contribution in [2.24, 2.45) is 0 Å². The molecule has 1 fully saturated rings. The first kappa shape index (κ1) is 16.3. The van der Waals surface area contributed by atoms with Crippen LogP contribution < -0.4 is 16.0 Å². The van der Waals surface area contributed by atoms with Crippen LogP contribution in [0.4, 0.5) is 17.1 Å². The highest BCUT2D eigenvalue weighted by Crippen LogP contribution is 2.21. The molecule has 2 aromatic rings. The van der Waals surface area contributed by atoms with Crippen LogP contribution in [0.15, 0.2) is 42.5 Å². The fourth-order valence-corrected chi connectivity index (χ4v) is 2.88. The molecule has 1 heterocycles. The highest BCUT2D eigenvalue weighted by molar-refractivity contribution is 6.05. The van der Waals surface area contributed by atoms with E-state index in [9.17, 15) is 4.79 Å². The summed E-state index contributed by atoms with van der Waals surface area (Å²) < 4.78 is 0. The predicted molar refractivity (Wildman–Crippen MR) is 99.7 cm³/mol. The van der Waals surface area contributed by atoms with E-state index in [1.165, 1.54) is 0 Å². The Hall–Kier alpha value is -2.53. The molecule has 1 saturated heterocycles. The van der Waals surface area contributed by atoms with Gasteiger partial charge in [-0.1, -0.05) is 6.07 Å². The van der Waals surface area contributed by atoms with Gasteiger partial charge < -0.3 is 20.9 Å². The van der Waals surface area contributed by atoms with Gasteiger partial charge in [-0.3, -0.25) is 4.79 Å². The van der Waals surface area contributed by atoms with Crippen molar-refractivity contribution in [3.05, 3.63) is 53.6 Å². The Morgan fingerprint density at radius 2 is 1.71 bits per heavy atom. The van der Waals surface area contributed by atoms with Crippen molar-refractivity contribution in [3.8, 4) is 0 Å². The van der Waals surface area contributed by atoms with Crippen LogP contribution in [0.25, 0.3) is 0 Å². The lowest BCUT2D eigenvalue weighted by atomic mass is 10.1. The lowest BCUT2D eigenvalue weighted by Gasteiger charge is -2.34. The van der Waals surface area contributed by atoms with Crippen molar-refractivity contribution in [1.29, 1.82) is 0 Å². The Bertz CT molecular complexity index is 719. The van der Waals surface area contributed by atoms with E-state index in [1.54, 1.807) is 0 Å². The second-order valence-electron chi connectivity index (χ2n) is 6.38. The average molecular weight is 324 g/mol. The Labute approximate surface area is 143 Å². The number of hydrogen-bond acceptors (Lipinski definition) is 4. The third-order valence-corrected chi connectivity index (χ3v) is 4.45. The summed E-state index contributed by atoms with van der Waals surface area (Å²) in [6.07, 6.45) is 0. The minimum Gasteiger partial charge on any atom is -0.397 e. The number of amides is 1. The number of anilines is 3. The molecule has 24 heavy (non-hydrogen) atoms. The van der Waals surface area contributed by atoms with E-state index in [0.717, 1.165) is 37.4 Å². The quantitative estimate of drug-likeness (QED) is 0.852. The molecule has 5 nitrogen and oxygen atoms in total. The number of nitrogens with two attached hydrogens (primary N) is 1. The minimum atomic E-state index is -0.143. The van der Waals surface area contributed by atoms with E-state index in [0.29, 0.717) is 16.9 Å². The molecule has 0 atom stereocenters. The van der Waals surface area contributed by atoms with Crippen molar-refractivity contribution in [3.63, 3.8) is 0 Å². The van der Waals surface area contributed by atoms with Gasteiger partial charge in [0.05, 0.1) is 11.4 Å². The molecule has 3 N–H and O–H groups in total. The van der Waals surface area contributed by atoms with Crippen molar-refractivity contribution in [2.45, 2.75) is 6.92 Å². The van der Waals surface area contributed by atoms with E-state index in [2.05, 4.69) is 22.2 Å². The van der Waals surface area contributed by atoms with Crippen LogP contribution in [0, 0.1) is 6.92 Å². The fraction of sp³-hybridized carbons (Fsp3) is 0.316. The van der Waals surface area contributed by atoms with E-state index < -0.39 is 0 Å². The number of carbonyl (C=O) groups excluding carboxylic acids is 1. The van der Waals surface area contributed by atoms with Gasteiger partial charge in [0.15, 0.2) is 0 Å². The number of nitrogens with zero attached hydrogens (tertiary/aromatic N) is 2. The lowest BCUT2D eigenvalue weighted by molar-refractivity contribution is 0.102. The standard InChI is InChI=1S/C19H24N4O/c1-14-3-8-18(17(20)13-14)21-19(24)15-4-6-16(7-5-15)23-11-9-22(2)10-12-23/h3-8,13H,9-12,20H2,1-2H3,(H,21,24). The van der Waals surface area contributed by atoms with Gasteiger partial charge in [0.25, 0.3) is 5.91 Å². The summed E-state index contributed by atoms with van der Waals surface area (Å²) in [6.45, 7) is 6.13. The molecule has 1 amide bonds. The Balaban J connectivity index is 1.67. The third kappa shape index (κ3) is 3.68. The largest absolute Gasteiger partial charge is 0.397 e. The summed E-state index contributed by atoms with van der Waals surface area (Å²) in [5, 5.41) is 2.87. The lowest BCUT2D eigenvalue weighted by Crippen LogP contribution is -2.44. The number of piperazine rings is 1. The van der Waals surface area contributed by atoms with Gasteiger partial charge in [-0.05, 0) is 55.9 Å². The molecule has 126 valence electrons. The van der Waals surface area contributed by atoms with Gasteiger partial charge >= 0.3 is 0 Å². The van der Waals surface area contributed by atoms with Gasteiger partial charge in [-0.15, -0.1) is 0 Å². The first-order chi connectivity index (χ1) is 11.5.